The molecular weight excluding hydrogens is 166 g/mol. The molecule has 0 saturated heterocycles. The highest BCUT2D eigenvalue weighted by molar-refractivity contribution is 5.29. The van der Waals surface area contributed by atoms with E-state index in [9.17, 15) is 0 Å². The third-order valence-corrected chi connectivity index (χ3v) is 1.62. The molecule has 0 amide bonds. The van der Waals surface area contributed by atoms with Crippen molar-refractivity contribution in [2.45, 2.75) is 20.3 Å². The second-order valence-corrected chi connectivity index (χ2v) is 2.78. The first kappa shape index (κ1) is 9.92. The number of aromatic nitrogens is 2. The number of hydrogen-bond acceptors (Lipinski definition) is 4. The Labute approximate surface area is 78.1 Å². The molecule has 0 aliphatic carbocycles. The lowest BCUT2D eigenvalue weighted by molar-refractivity contribution is 0.150. The number of ether oxygens (including phenoxy) is 1. The van der Waals surface area contributed by atoms with Crippen molar-refractivity contribution in [3.05, 3.63) is 17.6 Å². The molecule has 0 atom stereocenters. The molecule has 0 spiro atoms. The number of nitrogens with two attached hydrogens (primary N) is 1. The molecule has 4 nitrogen and oxygen atoms in total. The quantitative estimate of drug-likeness (QED) is 0.702. The maximum atomic E-state index is 5.57. The summed E-state index contributed by atoms with van der Waals surface area (Å²) >= 11 is 0. The Morgan fingerprint density at radius 2 is 2.23 bits per heavy atom. The standard InChI is InChI=1S/C9H15N3O/c1-3-13-5-4-8-6-9(10)12-7(2)11-8/h6H,3-5H2,1-2H3,(H2,10,11,12). The zero-order chi connectivity index (χ0) is 9.68. The fourth-order valence-corrected chi connectivity index (χ4v) is 1.10. The van der Waals surface area contributed by atoms with Crippen LogP contribution < -0.4 is 5.73 Å². The summed E-state index contributed by atoms with van der Waals surface area (Å²) in [6, 6.07) is 1.78. The second-order valence-electron chi connectivity index (χ2n) is 2.78. The summed E-state index contributed by atoms with van der Waals surface area (Å²) in [7, 11) is 0. The number of hydrogen-bond donors (Lipinski definition) is 1. The van der Waals surface area contributed by atoms with Crippen molar-refractivity contribution in [1.29, 1.82) is 0 Å². The smallest absolute Gasteiger partial charge is 0.127 e. The Balaban J connectivity index is 2.56. The first-order valence-corrected chi connectivity index (χ1v) is 4.40. The average Bonchev–Trinajstić information content (AvgIpc) is 2.03. The number of rotatable bonds is 4. The van der Waals surface area contributed by atoms with E-state index < -0.39 is 0 Å². The molecule has 0 aliphatic rings. The number of nitrogen functional groups attached to an aromatic ring is 1. The molecule has 1 rings (SSSR count). The highest BCUT2D eigenvalue weighted by Crippen LogP contribution is 2.03. The molecule has 13 heavy (non-hydrogen) atoms. The highest BCUT2D eigenvalue weighted by Gasteiger charge is 1.98. The molecule has 0 bridgehead atoms. The first-order valence-electron chi connectivity index (χ1n) is 4.40. The van der Waals surface area contributed by atoms with Crippen molar-refractivity contribution in [1.82, 2.24) is 9.97 Å². The maximum Gasteiger partial charge on any atom is 0.127 e. The van der Waals surface area contributed by atoms with Crippen LogP contribution in [0.3, 0.4) is 0 Å². The van der Waals surface area contributed by atoms with Crippen molar-refractivity contribution >= 4 is 5.82 Å². The molecule has 0 saturated carbocycles. The number of nitrogens with zero attached hydrogens (tertiary/aromatic N) is 2. The van der Waals surface area contributed by atoms with E-state index in [0.29, 0.717) is 18.2 Å². The maximum absolute atomic E-state index is 5.57. The van der Waals surface area contributed by atoms with E-state index in [1.165, 1.54) is 0 Å². The number of anilines is 1. The molecule has 2 N–H and O–H groups in total. The van der Waals surface area contributed by atoms with E-state index >= 15 is 0 Å². The summed E-state index contributed by atoms with van der Waals surface area (Å²) in [5.74, 6) is 1.24. The van der Waals surface area contributed by atoms with Gasteiger partial charge in [0.05, 0.1) is 6.61 Å². The van der Waals surface area contributed by atoms with Crippen molar-refractivity contribution in [3.63, 3.8) is 0 Å². The first-order chi connectivity index (χ1) is 6.22. The Bertz CT molecular complexity index is 255. The molecule has 0 radical (unpaired) electrons. The predicted molar refractivity (Wildman–Crippen MR) is 51.4 cm³/mol. The van der Waals surface area contributed by atoms with Gasteiger partial charge in [0.2, 0.25) is 0 Å². The lowest BCUT2D eigenvalue weighted by Gasteiger charge is -2.02. The molecule has 0 aliphatic heterocycles. The molecule has 1 aromatic rings. The van der Waals surface area contributed by atoms with Crippen LogP contribution >= 0.6 is 0 Å². The zero-order valence-electron chi connectivity index (χ0n) is 8.08. The van der Waals surface area contributed by atoms with Gasteiger partial charge in [0, 0.05) is 24.8 Å². The summed E-state index contributed by atoms with van der Waals surface area (Å²) in [5.41, 5.74) is 6.51. The zero-order valence-corrected chi connectivity index (χ0v) is 8.08. The van der Waals surface area contributed by atoms with E-state index in [1.54, 1.807) is 6.07 Å². The average molecular weight is 181 g/mol. The largest absolute Gasteiger partial charge is 0.384 e. The van der Waals surface area contributed by atoms with Gasteiger partial charge >= 0.3 is 0 Å². The van der Waals surface area contributed by atoms with Crippen LogP contribution in [0.15, 0.2) is 6.07 Å². The topological polar surface area (TPSA) is 61.0 Å². The Kier molecular flexibility index (Phi) is 3.64. The van der Waals surface area contributed by atoms with Gasteiger partial charge in [-0.1, -0.05) is 0 Å². The van der Waals surface area contributed by atoms with Gasteiger partial charge in [-0.25, -0.2) is 9.97 Å². The van der Waals surface area contributed by atoms with E-state index in [-0.39, 0.29) is 0 Å². The lowest BCUT2D eigenvalue weighted by Crippen LogP contribution is -2.04. The normalized spacial score (nSPS) is 10.3. The fraction of sp³-hybridized carbons (Fsp3) is 0.556. The van der Waals surface area contributed by atoms with E-state index in [0.717, 1.165) is 18.7 Å². The van der Waals surface area contributed by atoms with Crippen molar-refractivity contribution < 1.29 is 4.74 Å². The van der Waals surface area contributed by atoms with Gasteiger partial charge in [-0.2, -0.15) is 0 Å². The van der Waals surface area contributed by atoms with E-state index in [4.69, 9.17) is 10.5 Å². The minimum absolute atomic E-state index is 0.527. The summed E-state index contributed by atoms with van der Waals surface area (Å²) in [6.07, 6.45) is 0.793. The molecule has 1 heterocycles. The molecule has 72 valence electrons. The minimum atomic E-state index is 0.527. The third kappa shape index (κ3) is 3.38. The summed E-state index contributed by atoms with van der Waals surface area (Å²) < 4.78 is 5.22. The minimum Gasteiger partial charge on any atom is -0.384 e. The van der Waals surface area contributed by atoms with Crippen molar-refractivity contribution in [3.8, 4) is 0 Å². The van der Waals surface area contributed by atoms with Crippen LogP contribution in [0.1, 0.15) is 18.4 Å². The summed E-state index contributed by atoms with van der Waals surface area (Å²) in [6.45, 7) is 5.23. The molecule has 4 heteroatoms. The Morgan fingerprint density at radius 1 is 1.46 bits per heavy atom. The molecule has 1 aromatic heterocycles. The van der Waals surface area contributed by atoms with Crippen LogP contribution in [0, 0.1) is 6.92 Å². The highest BCUT2D eigenvalue weighted by atomic mass is 16.5. The molecule has 0 fully saturated rings. The van der Waals surface area contributed by atoms with E-state index in [2.05, 4.69) is 9.97 Å². The van der Waals surface area contributed by atoms with Crippen LogP contribution in [-0.2, 0) is 11.2 Å². The van der Waals surface area contributed by atoms with Crippen LogP contribution in [0.2, 0.25) is 0 Å². The Hall–Kier alpha value is -1.16. The van der Waals surface area contributed by atoms with Gasteiger partial charge in [0.15, 0.2) is 0 Å². The van der Waals surface area contributed by atoms with Crippen LogP contribution in [0.4, 0.5) is 5.82 Å². The summed E-state index contributed by atoms with van der Waals surface area (Å²) in [4.78, 5) is 8.22. The number of aryl methyl sites for hydroxylation is 1. The van der Waals surface area contributed by atoms with Gasteiger partial charge in [-0.15, -0.1) is 0 Å². The monoisotopic (exact) mass is 181 g/mol. The van der Waals surface area contributed by atoms with E-state index in [1.807, 2.05) is 13.8 Å². The van der Waals surface area contributed by atoms with Crippen LogP contribution in [-0.4, -0.2) is 23.2 Å². The summed E-state index contributed by atoms with van der Waals surface area (Å²) in [5, 5.41) is 0. The van der Waals surface area contributed by atoms with Crippen molar-refractivity contribution in [2.75, 3.05) is 18.9 Å². The van der Waals surface area contributed by atoms with Gasteiger partial charge < -0.3 is 10.5 Å². The fourth-order valence-electron chi connectivity index (χ4n) is 1.10. The second kappa shape index (κ2) is 4.77. The molecule has 0 unspecified atom stereocenters. The van der Waals surface area contributed by atoms with Gasteiger partial charge in [0.1, 0.15) is 11.6 Å². The van der Waals surface area contributed by atoms with Crippen LogP contribution in [0.25, 0.3) is 0 Å². The van der Waals surface area contributed by atoms with Gasteiger partial charge in [-0.3, -0.25) is 0 Å². The third-order valence-electron chi connectivity index (χ3n) is 1.62. The van der Waals surface area contributed by atoms with Crippen molar-refractivity contribution in [2.24, 2.45) is 0 Å². The lowest BCUT2D eigenvalue weighted by atomic mass is 10.3. The predicted octanol–water partition coefficient (Wildman–Crippen LogP) is 0.946. The van der Waals surface area contributed by atoms with Gasteiger partial charge in [-0.05, 0) is 13.8 Å². The molecular formula is C9H15N3O. The molecule has 0 aromatic carbocycles. The van der Waals surface area contributed by atoms with Crippen LogP contribution in [0.5, 0.6) is 0 Å². The SMILES string of the molecule is CCOCCc1cc(N)nc(C)n1. The van der Waals surface area contributed by atoms with Gasteiger partial charge in [0.25, 0.3) is 0 Å². The Morgan fingerprint density at radius 3 is 2.85 bits per heavy atom.